The number of hydrogen-bond acceptors (Lipinski definition) is 5. The van der Waals surface area contributed by atoms with Crippen LogP contribution in [0.3, 0.4) is 0 Å². The van der Waals surface area contributed by atoms with Gasteiger partial charge in [0, 0.05) is 6.07 Å². The maximum absolute atomic E-state index is 12.6. The molecule has 0 aliphatic carbocycles. The number of hydrogen-bond donors (Lipinski definition) is 0. The van der Waals surface area contributed by atoms with E-state index in [2.05, 4.69) is 6.08 Å². The number of aryl methyl sites for hydroxylation is 2. The van der Waals surface area contributed by atoms with Gasteiger partial charge in [-0.2, -0.15) is 0 Å². The Kier molecular flexibility index (Phi) is 3.19. The highest BCUT2D eigenvalue weighted by Crippen LogP contribution is 2.43. The summed E-state index contributed by atoms with van der Waals surface area (Å²) in [4.78, 5) is 24.7. The summed E-state index contributed by atoms with van der Waals surface area (Å²) in [6.07, 6.45) is 4.92. The van der Waals surface area contributed by atoms with Crippen molar-refractivity contribution >= 4 is 33.5 Å². The van der Waals surface area contributed by atoms with E-state index in [9.17, 15) is 9.59 Å². The van der Waals surface area contributed by atoms with E-state index in [1.54, 1.807) is 19.9 Å². The molecule has 127 valence electrons. The molecule has 0 unspecified atom stereocenters. The highest BCUT2D eigenvalue weighted by atomic mass is 35.5. The van der Waals surface area contributed by atoms with Gasteiger partial charge in [0.1, 0.15) is 27.5 Å². The summed E-state index contributed by atoms with van der Waals surface area (Å²) < 4.78 is 17.2. The van der Waals surface area contributed by atoms with Gasteiger partial charge in [-0.15, -0.1) is 0 Å². The van der Waals surface area contributed by atoms with Crippen LogP contribution in [-0.2, 0) is 0 Å². The summed E-state index contributed by atoms with van der Waals surface area (Å²) in [5, 5.41) is 0.624. The van der Waals surface area contributed by atoms with Crippen LogP contribution < -0.4 is 15.8 Å². The fourth-order valence-corrected chi connectivity index (χ4v) is 3.21. The van der Waals surface area contributed by atoms with Gasteiger partial charge in [0.15, 0.2) is 16.6 Å². The lowest BCUT2D eigenvalue weighted by Gasteiger charge is -2.29. The maximum atomic E-state index is 12.6. The zero-order valence-corrected chi connectivity index (χ0v) is 14.8. The molecule has 0 fully saturated rings. The highest BCUT2D eigenvalue weighted by molar-refractivity contribution is 6.32. The fraction of sp³-hybridized carbons (Fsp3) is 0.263. The largest absolute Gasteiger partial charge is 0.482 e. The smallest absolute Gasteiger partial charge is 0.355 e. The first-order valence-corrected chi connectivity index (χ1v) is 8.10. The summed E-state index contributed by atoms with van der Waals surface area (Å²) in [5.41, 5.74) is -0.225. The van der Waals surface area contributed by atoms with E-state index in [0.717, 1.165) is 0 Å². The molecule has 0 saturated heterocycles. The van der Waals surface area contributed by atoms with Gasteiger partial charge in [-0.3, -0.25) is 4.79 Å². The molecule has 25 heavy (non-hydrogen) atoms. The summed E-state index contributed by atoms with van der Waals surface area (Å²) in [6.45, 7) is 7.12. The van der Waals surface area contributed by atoms with Gasteiger partial charge in [-0.05, 0) is 45.4 Å². The number of ether oxygens (including phenoxy) is 1. The minimum atomic E-state index is -0.706. The van der Waals surface area contributed by atoms with E-state index in [-0.39, 0.29) is 27.0 Å². The van der Waals surface area contributed by atoms with Gasteiger partial charge in [-0.25, -0.2) is 4.79 Å². The van der Waals surface area contributed by atoms with Crippen LogP contribution in [0.15, 0.2) is 30.6 Å². The molecule has 0 bridgehead atoms. The van der Waals surface area contributed by atoms with Crippen molar-refractivity contribution < 1.29 is 13.6 Å². The molecule has 0 atom stereocenters. The lowest BCUT2D eigenvalue weighted by Crippen LogP contribution is -2.28. The van der Waals surface area contributed by atoms with Crippen molar-refractivity contribution in [1.82, 2.24) is 0 Å². The monoisotopic (exact) mass is 357 g/mol. The Morgan fingerprint density at radius 1 is 1.08 bits per heavy atom. The number of halogens is 1. The van der Waals surface area contributed by atoms with Crippen LogP contribution in [0, 0.1) is 19.9 Å². The minimum Gasteiger partial charge on any atom is -0.482 e. The topological polar surface area (TPSA) is 69.7 Å². The number of rotatable bonds is 0. The normalized spacial score (nSPS) is 15.4. The molecule has 2 aromatic heterocycles. The summed E-state index contributed by atoms with van der Waals surface area (Å²) >= 11 is 6.09. The van der Waals surface area contributed by atoms with Gasteiger partial charge < -0.3 is 13.6 Å². The fourth-order valence-electron chi connectivity index (χ4n) is 3.07. The van der Waals surface area contributed by atoms with E-state index in [1.807, 2.05) is 13.8 Å². The van der Waals surface area contributed by atoms with Crippen molar-refractivity contribution in [2.24, 2.45) is 0 Å². The molecule has 5 nitrogen and oxygen atoms in total. The zero-order valence-electron chi connectivity index (χ0n) is 14.1. The Bertz CT molecular complexity index is 1210. The third-order valence-electron chi connectivity index (χ3n) is 4.21. The lowest BCUT2D eigenvalue weighted by molar-refractivity contribution is 0.158. The van der Waals surface area contributed by atoms with Crippen LogP contribution in [0.4, 0.5) is 0 Å². The summed E-state index contributed by atoms with van der Waals surface area (Å²) in [7, 11) is 0. The van der Waals surface area contributed by atoms with Crippen molar-refractivity contribution in [3.05, 3.63) is 60.8 Å². The second-order valence-corrected chi connectivity index (χ2v) is 7.03. The average molecular weight is 358 g/mol. The van der Waals surface area contributed by atoms with Gasteiger partial charge >= 0.3 is 5.63 Å². The molecule has 1 aliphatic heterocycles. The van der Waals surface area contributed by atoms with Crippen molar-refractivity contribution in [3.63, 3.8) is 0 Å². The minimum absolute atomic E-state index is 0.0403. The molecule has 6 heteroatoms. The van der Waals surface area contributed by atoms with E-state index < -0.39 is 11.2 Å². The maximum Gasteiger partial charge on any atom is 0.355 e. The third kappa shape index (κ3) is 2.23. The van der Waals surface area contributed by atoms with Crippen LogP contribution in [0.25, 0.3) is 21.9 Å². The van der Waals surface area contributed by atoms with Gasteiger partial charge in [0.2, 0.25) is 0 Å². The highest BCUT2D eigenvalue weighted by Gasteiger charge is 2.30. The van der Waals surface area contributed by atoms with Gasteiger partial charge in [0.25, 0.3) is 0 Å². The molecule has 0 N–H and O–H groups in total. The standard InChI is InChI=1S/C19H14ClO5/c1-8-7-11(21)13-15(23-8)10-5-6-19(3,4)25-16(10)12-9(2)14(20)18(22)24-17(12)13/h6-7H,1-4H3. The van der Waals surface area contributed by atoms with Gasteiger partial charge in [0.05, 0.1) is 10.9 Å². The van der Waals surface area contributed by atoms with E-state index in [4.69, 9.17) is 25.2 Å². The Morgan fingerprint density at radius 3 is 2.52 bits per heavy atom. The Labute approximate surface area is 147 Å². The van der Waals surface area contributed by atoms with Crippen molar-refractivity contribution in [2.75, 3.05) is 0 Å². The molecular weight excluding hydrogens is 344 g/mol. The number of benzene rings is 1. The summed E-state index contributed by atoms with van der Waals surface area (Å²) in [5.74, 6) is 0.880. The van der Waals surface area contributed by atoms with E-state index >= 15 is 0 Å². The molecule has 3 heterocycles. The molecule has 1 aliphatic rings. The van der Waals surface area contributed by atoms with Crippen LogP contribution in [0.1, 0.15) is 30.7 Å². The first-order valence-electron chi connectivity index (χ1n) is 7.73. The van der Waals surface area contributed by atoms with Crippen molar-refractivity contribution in [3.8, 4) is 5.75 Å². The third-order valence-corrected chi connectivity index (χ3v) is 4.65. The molecule has 0 amide bonds. The first-order chi connectivity index (χ1) is 11.7. The van der Waals surface area contributed by atoms with Crippen molar-refractivity contribution in [2.45, 2.75) is 33.3 Å². The van der Waals surface area contributed by atoms with E-state index in [0.29, 0.717) is 28.0 Å². The second kappa shape index (κ2) is 4.99. The molecule has 1 aromatic carbocycles. The molecular formula is C19H14ClO5. The van der Waals surface area contributed by atoms with Crippen molar-refractivity contribution in [1.29, 1.82) is 0 Å². The first kappa shape index (κ1) is 16.0. The van der Waals surface area contributed by atoms with Crippen LogP contribution in [-0.4, -0.2) is 5.60 Å². The van der Waals surface area contributed by atoms with Crippen LogP contribution in [0.5, 0.6) is 5.75 Å². The SMILES string of the molecule is Cc1cc(=O)c2c(o1)c1c(c3c(C)c(Cl)c(=O)oc32)OC(C)(C)C=[C]1. The Hall–Kier alpha value is -2.53. The molecule has 0 spiro atoms. The summed E-state index contributed by atoms with van der Waals surface area (Å²) in [6, 6.07) is 1.36. The molecule has 1 radical (unpaired) electrons. The average Bonchev–Trinajstić information content (AvgIpc) is 2.50. The second-order valence-electron chi connectivity index (χ2n) is 6.66. The zero-order chi connectivity index (χ0) is 18.1. The molecule has 3 aromatic rings. The van der Waals surface area contributed by atoms with E-state index in [1.165, 1.54) is 6.07 Å². The quantitative estimate of drug-likeness (QED) is 0.448. The molecule has 4 rings (SSSR count). The Balaban J connectivity index is 2.38. The van der Waals surface area contributed by atoms with Crippen LogP contribution >= 0.6 is 11.6 Å². The van der Waals surface area contributed by atoms with Crippen LogP contribution in [0.2, 0.25) is 5.02 Å². The Morgan fingerprint density at radius 2 is 1.80 bits per heavy atom. The predicted octanol–water partition coefficient (Wildman–Crippen LogP) is 4.05. The lowest BCUT2D eigenvalue weighted by atomic mass is 9.96. The predicted molar refractivity (Wildman–Crippen MR) is 94.6 cm³/mol. The molecule has 0 saturated carbocycles. The van der Waals surface area contributed by atoms with Gasteiger partial charge in [-0.1, -0.05) is 11.6 Å². The number of fused-ring (bicyclic) bond motifs is 6.